The van der Waals surface area contributed by atoms with E-state index in [1.165, 1.54) is 11.3 Å². The molecule has 7 heteroatoms. The van der Waals surface area contributed by atoms with E-state index >= 15 is 0 Å². The van der Waals surface area contributed by atoms with Crippen LogP contribution in [0.5, 0.6) is 0 Å². The minimum Gasteiger partial charge on any atom is -0.386 e. The standard InChI is InChI=1S/C20H28ClN3O2S/c1-3-11-26-14-16-8-6-5-7-15(16)12-23-20(22-4-2)24-13-17(25)18-9-10-19(21)27-18/h5-10,17,25H,3-4,11-14H2,1-2H3,(H2,22,23,24). The van der Waals surface area contributed by atoms with Gasteiger partial charge < -0.3 is 20.5 Å². The van der Waals surface area contributed by atoms with Crippen LogP contribution in [0, 0.1) is 0 Å². The topological polar surface area (TPSA) is 65.9 Å². The van der Waals surface area contributed by atoms with E-state index in [1.54, 1.807) is 6.07 Å². The number of aliphatic hydroxyl groups excluding tert-OH is 1. The summed E-state index contributed by atoms with van der Waals surface area (Å²) in [5.74, 6) is 0.670. The molecule has 0 aliphatic rings. The Balaban J connectivity index is 1.96. The average Bonchev–Trinajstić information content (AvgIpc) is 3.11. The fourth-order valence-corrected chi connectivity index (χ4v) is 3.53. The number of nitrogens with one attached hydrogen (secondary N) is 2. The van der Waals surface area contributed by atoms with E-state index < -0.39 is 6.10 Å². The third kappa shape index (κ3) is 7.50. The minimum atomic E-state index is -0.624. The molecule has 0 saturated heterocycles. The fraction of sp³-hybridized carbons (Fsp3) is 0.450. The maximum absolute atomic E-state index is 10.3. The van der Waals surface area contributed by atoms with Crippen LogP contribution < -0.4 is 10.6 Å². The third-order valence-corrected chi connectivity index (χ3v) is 5.19. The molecular weight excluding hydrogens is 382 g/mol. The Morgan fingerprint density at radius 2 is 1.96 bits per heavy atom. The minimum absolute atomic E-state index is 0.365. The SMILES string of the molecule is CCCOCc1ccccc1CN=C(NCC)NCC(O)c1ccc(Cl)s1. The van der Waals surface area contributed by atoms with Crippen molar-refractivity contribution in [3.8, 4) is 0 Å². The van der Waals surface area contributed by atoms with Gasteiger partial charge in [0, 0.05) is 24.6 Å². The van der Waals surface area contributed by atoms with Gasteiger partial charge in [0.05, 0.1) is 17.5 Å². The van der Waals surface area contributed by atoms with Gasteiger partial charge in [0.1, 0.15) is 6.10 Å². The number of thiophene rings is 1. The lowest BCUT2D eigenvalue weighted by Crippen LogP contribution is -2.39. The van der Waals surface area contributed by atoms with Gasteiger partial charge in [-0.2, -0.15) is 0 Å². The molecule has 2 rings (SSSR count). The highest BCUT2D eigenvalue weighted by Gasteiger charge is 2.11. The Hall–Kier alpha value is -1.60. The number of aliphatic imine (C=N–C) groups is 1. The predicted molar refractivity (Wildman–Crippen MR) is 113 cm³/mol. The highest BCUT2D eigenvalue weighted by Crippen LogP contribution is 2.26. The van der Waals surface area contributed by atoms with E-state index in [4.69, 9.17) is 16.3 Å². The molecule has 0 radical (unpaired) electrons. The van der Waals surface area contributed by atoms with Gasteiger partial charge in [-0.25, -0.2) is 4.99 Å². The quantitative estimate of drug-likeness (QED) is 0.314. The molecule has 2 aromatic rings. The molecule has 27 heavy (non-hydrogen) atoms. The fourth-order valence-electron chi connectivity index (χ4n) is 2.49. The number of halogens is 1. The largest absolute Gasteiger partial charge is 0.386 e. The van der Waals surface area contributed by atoms with Crippen molar-refractivity contribution in [1.82, 2.24) is 10.6 Å². The molecule has 0 amide bonds. The van der Waals surface area contributed by atoms with E-state index in [0.717, 1.165) is 35.6 Å². The lowest BCUT2D eigenvalue weighted by atomic mass is 10.1. The maximum atomic E-state index is 10.3. The first-order valence-corrected chi connectivity index (χ1v) is 10.4. The molecule has 0 aliphatic carbocycles. The molecular formula is C20H28ClN3O2S. The van der Waals surface area contributed by atoms with Gasteiger partial charge >= 0.3 is 0 Å². The normalized spacial score (nSPS) is 12.8. The summed E-state index contributed by atoms with van der Waals surface area (Å²) in [7, 11) is 0. The lowest BCUT2D eigenvalue weighted by molar-refractivity contribution is 0.121. The highest BCUT2D eigenvalue weighted by atomic mass is 35.5. The number of hydrogen-bond acceptors (Lipinski definition) is 4. The summed E-state index contributed by atoms with van der Waals surface area (Å²) in [6.45, 7) is 7.12. The van der Waals surface area contributed by atoms with Crippen molar-refractivity contribution < 1.29 is 9.84 Å². The number of nitrogens with zero attached hydrogens (tertiary/aromatic N) is 1. The van der Waals surface area contributed by atoms with Crippen molar-refractivity contribution in [2.75, 3.05) is 19.7 Å². The first-order valence-electron chi connectivity index (χ1n) is 9.24. The van der Waals surface area contributed by atoms with Crippen LogP contribution >= 0.6 is 22.9 Å². The lowest BCUT2D eigenvalue weighted by Gasteiger charge is -2.15. The predicted octanol–water partition coefficient (Wildman–Crippen LogP) is 4.12. The Morgan fingerprint density at radius 1 is 1.19 bits per heavy atom. The number of rotatable bonds is 10. The summed E-state index contributed by atoms with van der Waals surface area (Å²) in [4.78, 5) is 5.48. The summed E-state index contributed by atoms with van der Waals surface area (Å²) in [6, 6.07) is 11.8. The number of ether oxygens (including phenoxy) is 1. The molecule has 1 aromatic heterocycles. The van der Waals surface area contributed by atoms with Crippen molar-refractivity contribution in [2.45, 2.75) is 39.5 Å². The van der Waals surface area contributed by atoms with Gasteiger partial charge in [0.2, 0.25) is 0 Å². The third-order valence-electron chi connectivity index (χ3n) is 3.86. The second-order valence-electron chi connectivity index (χ2n) is 6.06. The van der Waals surface area contributed by atoms with Gasteiger partial charge in [-0.3, -0.25) is 0 Å². The van der Waals surface area contributed by atoms with Crippen LogP contribution in [0.25, 0.3) is 0 Å². The number of aliphatic hydroxyl groups is 1. The van der Waals surface area contributed by atoms with Crippen molar-refractivity contribution in [3.63, 3.8) is 0 Å². The first-order chi connectivity index (χ1) is 13.1. The molecule has 5 nitrogen and oxygen atoms in total. The van der Waals surface area contributed by atoms with Crippen molar-refractivity contribution in [3.05, 3.63) is 56.7 Å². The average molecular weight is 410 g/mol. The van der Waals surface area contributed by atoms with Crippen LogP contribution in [0.4, 0.5) is 0 Å². The van der Waals surface area contributed by atoms with Crippen LogP contribution in [0.3, 0.4) is 0 Å². The number of benzene rings is 1. The zero-order valence-electron chi connectivity index (χ0n) is 15.9. The number of guanidine groups is 1. The van der Waals surface area contributed by atoms with Crippen LogP contribution in [-0.2, 0) is 17.9 Å². The molecule has 1 unspecified atom stereocenters. The van der Waals surface area contributed by atoms with E-state index in [1.807, 2.05) is 25.1 Å². The van der Waals surface area contributed by atoms with E-state index in [0.29, 0.717) is 30.0 Å². The molecule has 1 heterocycles. The Morgan fingerprint density at radius 3 is 2.63 bits per heavy atom. The summed E-state index contributed by atoms with van der Waals surface area (Å²) < 4.78 is 6.34. The van der Waals surface area contributed by atoms with Crippen molar-refractivity contribution in [2.24, 2.45) is 4.99 Å². The van der Waals surface area contributed by atoms with Gasteiger partial charge in [0.25, 0.3) is 0 Å². The van der Waals surface area contributed by atoms with Crippen LogP contribution in [-0.4, -0.2) is 30.8 Å². The molecule has 0 fully saturated rings. The molecule has 1 aromatic carbocycles. The molecule has 0 saturated carbocycles. The first kappa shape index (κ1) is 21.7. The van der Waals surface area contributed by atoms with Gasteiger partial charge in [-0.1, -0.05) is 42.8 Å². The summed E-state index contributed by atoms with van der Waals surface area (Å²) in [5, 5.41) is 16.7. The van der Waals surface area contributed by atoms with Crippen LogP contribution in [0.2, 0.25) is 4.34 Å². The summed E-state index contributed by atoms with van der Waals surface area (Å²) >= 11 is 7.32. The smallest absolute Gasteiger partial charge is 0.191 e. The molecule has 3 N–H and O–H groups in total. The maximum Gasteiger partial charge on any atom is 0.191 e. The van der Waals surface area contributed by atoms with E-state index in [9.17, 15) is 5.11 Å². The Kier molecular flexibility index (Phi) is 9.62. The highest BCUT2D eigenvalue weighted by molar-refractivity contribution is 7.16. The van der Waals surface area contributed by atoms with Crippen LogP contribution in [0.1, 0.15) is 42.4 Å². The second kappa shape index (κ2) is 12.0. The summed E-state index contributed by atoms with van der Waals surface area (Å²) in [5.41, 5.74) is 2.29. The summed E-state index contributed by atoms with van der Waals surface area (Å²) in [6.07, 6.45) is 0.383. The van der Waals surface area contributed by atoms with Crippen LogP contribution in [0.15, 0.2) is 41.4 Å². The van der Waals surface area contributed by atoms with Gasteiger partial charge in [0.15, 0.2) is 5.96 Å². The van der Waals surface area contributed by atoms with Gasteiger partial charge in [-0.15, -0.1) is 11.3 Å². The molecule has 1 atom stereocenters. The molecule has 148 valence electrons. The number of hydrogen-bond donors (Lipinski definition) is 3. The Labute approximate surface area is 170 Å². The van der Waals surface area contributed by atoms with Crippen molar-refractivity contribution >= 4 is 28.9 Å². The molecule has 0 spiro atoms. The van der Waals surface area contributed by atoms with Gasteiger partial charge in [-0.05, 0) is 36.6 Å². The zero-order chi connectivity index (χ0) is 19.5. The Bertz CT molecular complexity index is 721. The molecule has 0 aliphatic heterocycles. The van der Waals surface area contributed by atoms with E-state index in [2.05, 4.69) is 34.7 Å². The molecule has 0 bridgehead atoms. The zero-order valence-corrected chi connectivity index (χ0v) is 17.4. The van der Waals surface area contributed by atoms with E-state index in [-0.39, 0.29) is 0 Å². The second-order valence-corrected chi connectivity index (χ2v) is 7.80. The van der Waals surface area contributed by atoms with Crippen molar-refractivity contribution in [1.29, 1.82) is 0 Å². The monoisotopic (exact) mass is 409 g/mol.